The molecule has 3 aromatic rings. The number of rotatable bonds is 3. The Kier molecular flexibility index (Phi) is 3.71. The Hall–Kier alpha value is -3.14. The zero-order valence-electron chi connectivity index (χ0n) is 13.4. The predicted molar refractivity (Wildman–Crippen MR) is 96.9 cm³/mol. The van der Waals surface area contributed by atoms with Crippen LogP contribution in [0.4, 0.5) is 17.2 Å². The van der Waals surface area contributed by atoms with Crippen LogP contribution in [0.3, 0.4) is 0 Å². The van der Waals surface area contributed by atoms with Crippen molar-refractivity contribution < 1.29 is 4.74 Å². The van der Waals surface area contributed by atoms with Crippen molar-refractivity contribution in [3.63, 3.8) is 0 Å². The lowest BCUT2D eigenvalue weighted by Gasteiger charge is -2.12. The summed E-state index contributed by atoms with van der Waals surface area (Å²) < 4.78 is 5.64. The molecule has 1 N–H and O–H groups in total. The third-order valence-electron chi connectivity index (χ3n) is 3.88. The number of anilines is 2. The Balaban J connectivity index is 1.93. The van der Waals surface area contributed by atoms with Gasteiger partial charge in [0, 0.05) is 23.4 Å². The van der Waals surface area contributed by atoms with Gasteiger partial charge in [0.05, 0.1) is 18.0 Å². The molecule has 0 saturated heterocycles. The minimum atomic E-state index is 0.632. The van der Waals surface area contributed by atoms with Crippen LogP contribution in [0.1, 0.15) is 18.1 Å². The van der Waals surface area contributed by atoms with E-state index in [4.69, 9.17) is 9.73 Å². The van der Waals surface area contributed by atoms with E-state index in [-0.39, 0.29) is 0 Å². The maximum absolute atomic E-state index is 5.64. The summed E-state index contributed by atoms with van der Waals surface area (Å²) in [5.41, 5.74) is 4.79. The fourth-order valence-electron chi connectivity index (χ4n) is 2.80. The Labute approximate surface area is 140 Å². The molecule has 1 aromatic heterocycles. The number of nitrogens with zero attached hydrogens (tertiary/aromatic N) is 2. The van der Waals surface area contributed by atoms with E-state index in [9.17, 15) is 0 Å². The highest BCUT2D eigenvalue weighted by Gasteiger charge is 2.18. The van der Waals surface area contributed by atoms with Gasteiger partial charge in [-0.25, -0.2) is 9.98 Å². The molecule has 2 aromatic carbocycles. The molecule has 24 heavy (non-hydrogen) atoms. The topological polar surface area (TPSA) is 46.5 Å². The number of aromatic nitrogens is 1. The predicted octanol–water partition coefficient (Wildman–Crippen LogP) is 4.71. The van der Waals surface area contributed by atoms with E-state index in [0.717, 1.165) is 39.8 Å². The van der Waals surface area contributed by atoms with Gasteiger partial charge in [-0.3, -0.25) is 0 Å². The minimum Gasteiger partial charge on any atom is -0.494 e. The SMILES string of the molecule is CCOc1ccc2c(c1)Nc1ncccc1N=C2c1ccccc1. The van der Waals surface area contributed by atoms with Crippen molar-refractivity contribution in [3.8, 4) is 5.75 Å². The molecule has 4 rings (SSSR count). The molecule has 0 atom stereocenters. The van der Waals surface area contributed by atoms with Gasteiger partial charge >= 0.3 is 0 Å². The number of benzene rings is 2. The fourth-order valence-corrected chi connectivity index (χ4v) is 2.80. The zero-order chi connectivity index (χ0) is 16.4. The average molecular weight is 315 g/mol. The molecule has 0 bridgehead atoms. The molecule has 0 saturated carbocycles. The van der Waals surface area contributed by atoms with E-state index in [1.165, 1.54) is 0 Å². The number of hydrogen-bond donors (Lipinski definition) is 1. The highest BCUT2D eigenvalue weighted by atomic mass is 16.5. The normalized spacial score (nSPS) is 12.3. The summed E-state index contributed by atoms with van der Waals surface area (Å²) in [5, 5.41) is 3.40. The van der Waals surface area contributed by atoms with Crippen molar-refractivity contribution in [1.29, 1.82) is 0 Å². The van der Waals surface area contributed by atoms with Crippen LogP contribution in [0, 0.1) is 0 Å². The van der Waals surface area contributed by atoms with Gasteiger partial charge in [0.1, 0.15) is 11.4 Å². The van der Waals surface area contributed by atoms with Gasteiger partial charge in [-0.15, -0.1) is 0 Å². The first-order chi connectivity index (χ1) is 11.8. The number of nitrogens with one attached hydrogen (secondary N) is 1. The summed E-state index contributed by atoms with van der Waals surface area (Å²) in [6, 6.07) is 20.1. The second-order valence-electron chi connectivity index (χ2n) is 5.46. The van der Waals surface area contributed by atoms with Gasteiger partial charge in [-0.2, -0.15) is 0 Å². The van der Waals surface area contributed by atoms with Crippen molar-refractivity contribution >= 4 is 22.9 Å². The van der Waals surface area contributed by atoms with E-state index in [2.05, 4.69) is 22.4 Å². The summed E-state index contributed by atoms with van der Waals surface area (Å²) in [7, 11) is 0. The van der Waals surface area contributed by atoms with Crippen molar-refractivity contribution in [2.24, 2.45) is 4.99 Å². The zero-order valence-corrected chi connectivity index (χ0v) is 13.4. The second kappa shape index (κ2) is 6.16. The first-order valence-electron chi connectivity index (χ1n) is 7.98. The van der Waals surface area contributed by atoms with E-state index in [0.29, 0.717) is 6.61 Å². The third kappa shape index (κ3) is 2.63. The van der Waals surface area contributed by atoms with Crippen molar-refractivity contribution in [1.82, 2.24) is 4.98 Å². The molecular formula is C20H17N3O. The maximum Gasteiger partial charge on any atom is 0.156 e. The molecule has 0 radical (unpaired) electrons. The summed E-state index contributed by atoms with van der Waals surface area (Å²) in [6.07, 6.45) is 1.76. The van der Waals surface area contributed by atoms with Gasteiger partial charge < -0.3 is 10.1 Å². The van der Waals surface area contributed by atoms with Crippen molar-refractivity contribution in [2.45, 2.75) is 6.92 Å². The molecule has 0 aliphatic carbocycles. The van der Waals surface area contributed by atoms with Crippen LogP contribution in [-0.4, -0.2) is 17.3 Å². The van der Waals surface area contributed by atoms with E-state index < -0.39 is 0 Å². The number of ether oxygens (including phenoxy) is 1. The molecular weight excluding hydrogens is 298 g/mol. The Morgan fingerprint density at radius 3 is 2.71 bits per heavy atom. The fraction of sp³-hybridized carbons (Fsp3) is 0.100. The Bertz CT molecular complexity index is 904. The second-order valence-corrected chi connectivity index (χ2v) is 5.46. The molecule has 0 spiro atoms. The van der Waals surface area contributed by atoms with E-state index >= 15 is 0 Å². The van der Waals surface area contributed by atoms with Gasteiger partial charge in [0.25, 0.3) is 0 Å². The van der Waals surface area contributed by atoms with Gasteiger partial charge in [0.15, 0.2) is 5.82 Å². The summed E-state index contributed by atoms with van der Waals surface area (Å²) in [4.78, 5) is 9.30. The molecule has 1 aliphatic rings. The Morgan fingerprint density at radius 2 is 1.88 bits per heavy atom. The van der Waals surface area contributed by atoms with Crippen LogP contribution in [0.5, 0.6) is 5.75 Å². The van der Waals surface area contributed by atoms with Crippen LogP contribution >= 0.6 is 0 Å². The van der Waals surface area contributed by atoms with Crippen molar-refractivity contribution in [3.05, 3.63) is 78.0 Å². The number of fused-ring (bicyclic) bond motifs is 2. The maximum atomic E-state index is 5.64. The molecule has 2 heterocycles. The minimum absolute atomic E-state index is 0.632. The molecule has 1 aliphatic heterocycles. The smallest absolute Gasteiger partial charge is 0.156 e. The van der Waals surface area contributed by atoms with Crippen LogP contribution in [-0.2, 0) is 0 Å². The quantitative estimate of drug-likeness (QED) is 0.596. The lowest BCUT2D eigenvalue weighted by Crippen LogP contribution is -2.05. The van der Waals surface area contributed by atoms with E-state index in [1.807, 2.05) is 55.5 Å². The molecule has 4 heteroatoms. The number of hydrogen-bond acceptors (Lipinski definition) is 4. The molecule has 4 nitrogen and oxygen atoms in total. The summed E-state index contributed by atoms with van der Waals surface area (Å²) in [5.74, 6) is 1.58. The first kappa shape index (κ1) is 14.5. The average Bonchev–Trinajstić information content (AvgIpc) is 2.79. The highest BCUT2D eigenvalue weighted by Crippen LogP contribution is 2.35. The first-order valence-corrected chi connectivity index (χ1v) is 7.98. The molecule has 0 fully saturated rings. The third-order valence-corrected chi connectivity index (χ3v) is 3.88. The van der Waals surface area contributed by atoms with Gasteiger partial charge in [-0.05, 0) is 31.2 Å². The summed E-state index contributed by atoms with van der Waals surface area (Å²) >= 11 is 0. The monoisotopic (exact) mass is 315 g/mol. The largest absolute Gasteiger partial charge is 0.494 e. The Morgan fingerprint density at radius 1 is 1.00 bits per heavy atom. The summed E-state index contributed by atoms with van der Waals surface area (Å²) in [6.45, 7) is 2.61. The standard InChI is InChI=1S/C20H17N3O/c1-2-24-15-10-11-16-18(13-15)23-20-17(9-6-12-21-20)22-19(16)14-7-4-3-5-8-14/h3-13H,2H2,1H3,(H,21,23). The van der Waals surface area contributed by atoms with Crippen molar-refractivity contribution in [2.75, 3.05) is 11.9 Å². The lowest BCUT2D eigenvalue weighted by molar-refractivity contribution is 0.340. The van der Waals surface area contributed by atoms with Crippen LogP contribution < -0.4 is 10.1 Å². The molecule has 0 unspecified atom stereocenters. The number of pyridine rings is 1. The highest BCUT2D eigenvalue weighted by molar-refractivity contribution is 6.18. The van der Waals surface area contributed by atoms with Gasteiger partial charge in [0.2, 0.25) is 0 Å². The lowest BCUT2D eigenvalue weighted by atomic mass is 10.0. The van der Waals surface area contributed by atoms with Crippen LogP contribution in [0.2, 0.25) is 0 Å². The van der Waals surface area contributed by atoms with Crippen LogP contribution in [0.15, 0.2) is 71.9 Å². The number of aliphatic imine (C=N–C) groups is 1. The molecule has 118 valence electrons. The van der Waals surface area contributed by atoms with Gasteiger partial charge in [-0.1, -0.05) is 30.3 Å². The molecule has 0 amide bonds. The van der Waals surface area contributed by atoms with E-state index in [1.54, 1.807) is 6.20 Å². The van der Waals surface area contributed by atoms with Crippen LogP contribution in [0.25, 0.3) is 0 Å².